The van der Waals surface area contributed by atoms with Crippen LogP contribution in [0.2, 0.25) is 0 Å². The third-order valence-electron chi connectivity index (χ3n) is 1.89. The minimum absolute atomic E-state index is 0.0464. The quantitative estimate of drug-likeness (QED) is 0.870. The van der Waals surface area contributed by atoms with E-state index in [0.717, 1.165) is 7.11 Å². The lowest BCUT2D eigenvalue weighted by Crippen LogP contribution is -2.21. The molecule has 1 aromatic heterocycles. The van der Waals surface area contributed by atoms with Gasteiger partial charge in [0.25, 0.3) is 0 Å². The van der Waals surface area contributed by atoms with Crippen LogP contribution >= 0.6 is 0 Å². The van der Waals surface area contributed by atoms with Crippen molar-refractivity contribution in [2.24, 2.45) is 0 Å². The Morgan fingerprint density at radius 1 is 1.20 bits per heavy atom. The van der Waals surface area contributed by atoms with Crippen LogP contribution in [0.5, 0.6) is 11.8 Å². The van der Waals surface area contributed by atoms with Gasteiger partial charge in [-0.25, -0.2) is 4.79 Å². The second-order valence-electron chi connectivity index (χ2n) is 3.25. The molecular formula is C9H5F6NO4. The summed E-state index contributed by atoms with van der Waals surface area (Å²) in [5.41, 5.74) is -3.03. The summed E-state index contributed by atoms with van der Waals surface area (Å²) in [5, 5.41) is 8.62. The second kappa shape index (κ2) is 5.06. The van der Waals surface area contributed by atoms with Crippen molar-refractivity contribution in [1.82, 2.24) is 4.98 Å². The van der Waals surface area contributed by atoms with E-state index in [2.05, 4.69) is 14.5 Å². The van der Waals surface area contributed by atoms with Gasteiger partial charge in [-0.1, -0.05) is 0 Å². The molecule has 1 rings (SSSR count). The number of carboxylic acids is 1. The highest BCUT2D eigenvalue weighted by Crippen LogP contribution is 2.38. The molecule has 0 radical (unpaired) electrons. The molecule has 0 aliphatic carbocycles. The average molecular weight is 305 g/mol. The molecule has 20 heavy (non-hydrogen) atoms. The molecule has 0 fully saturated rings. The molecule has 1 N–H and O–H groups in total. The van der Waals surface area contributed by atoms with Crippen molar-refractivity contribution >= 4 is 5.97 Å². The monoisotopic (exact) mass is 305 g/mol. The molecule has 0 amide bonds. The van der Waals surface area contributed by atoms with Gasteiger partial charge in [-0.2, -0.15) is 18.2 Å². The zero-order chi connectivity index (χ0) is 15.7. The summed E-state index contributed by atoms with van der Waals surface area (Å²) in [5.74, 6) is -4.85. The first-order valence-corrected chi connectivity index (χ1v) is 4.61. The van der Waals surface area contributed by atoms with Crippen LogP contribution in [0.15, 0.2) is 6.07 Å². The Bertz CT molecular complexity index is 524. The summed E-state index contributed by atoms with van der Waals surface area (Å²) >= 11 is 0. The number of aromatic nitrogens is 1. The fourth-order valence-corrected chi connectivity index (χ4v) is 1.18. The number of alkyl halides is 6. The Kier molecular flexibility index (Phi) is 4.01. The molecule has 0 saturated carbocycles. The minimum Gasteiger partial charge on any atom is -0.480 e. The van der Waals surface area contributed by atoms with Crippen LogP contribution in [-0.4, -0.2) is 29.5 Å². The normalized spacial score (nSPS) is 12.2. The molecule has 5 nitrogen and oxygen atoms in total. The van der Waals surface area contributed by atoms with Crippen LogP contribution in [0.1, 0.15) is 15.9 Å². The number of hydrogen-bond acceptors (Lipinski definition) is 4. The van der Waals surface area contributed by atoms with E-state index in [-0.39, 0.29) is 6.07 Å². The number of carboxylic acid groups (broad SMARTS) is 1. The van der Waals surface area contributed by atoms with Crippen LogP contribution in [0.3, 0.4) is 0 Å². The fourth-order valence-electron chi connectivity index (χ4n) is 1.18. The summed E-state index contributed by atoms with van der Waals surface area (Å²) in [6.07, 6.45) is -10.4. The zero-order valence-electron chi connectivity index (χ0n) is 9.46. The third kappa shape index (κ3) is 3.65. The SMILES string of the molecule is COc1nc(OC(F)(F)F)c(C(=O)O)cc1C(F)(F)F. The number of halogens is 6. The minimum atomic E-state index is -5.32. The number of methoxy groups -OCH3 is 1. The van der Waals surface area contributed by atoms with Gasteiger partial charge < -0.3 is 14.6 Å². The standard InChI is InChI=1S/C9H5F6NO4/c1-19-6-4(8(10,11)12)2-3(7(17)18)5(16-6)20-9(13,14)15/h2H,1H3,(H,17,18). The molecule has 0 atom stereocenters. The van der Waals surface area contributed by atoms with Crippen LogP contribution in [-0.2, 0) is 6.18 Å². The van der Waals surface area contributed by atoms with E-state index in [4.69, 9.17) is 5.11 Å². The predicted octanol–water partition coefficient (Wildman–Crippen LogP) is 2.71. The van der Waals surface area contributed by atoms with Gasteiger partial charge in [-0.3, -0.25) is 0 Å². The maximum absolute atomic E-state index is 12.6. The van der Waals surface area contributed by atoms with E-state index in [1.807, 2.05) is 0 Å². The summed E-state index contributed by atoms with van der Waals surface area (Å²) in [4.78, 5) is 13.5. The Hall–Kier alpha value is -2.20. The van der Waals surface area contributed by atoms with Crippen LogP contribution < -0.4 is 9.47 Å². The van der Waals surface area contributed by atoms with E-state index >= 15 is 0 Å². The molecule has 0 saturated heterocycles. The zero-order valence-corrected chi connectivity index (χ0v) is 9.46. The fraction of sp³-hybridized carbons (Fsp3) is 0.333. The molecular weight excluding hydrogens is 300 g/mol. The topological polar surface area (TPSA) is 68.7 Å². The van der Waals surface area contributed by atoms with Gasteiger partial charge in [0.05, 0.1) is 7.11 Å². The number of aromatic carboxylic acids is 1. The molecule has 0 spiro atoms. The highest BCUT2D eigenvalue weighted by atomic mass is 19.4. The van der Waals surface area contributed by atoms with Crippen molar-refractivity contribution < 1.29 is 45.7 Å². The molecule has 0 aliphatic heterocycles. The highest BCUT2D eigenvalue weighted by molar-refractivity contribution is 5.90. The van der Waals surface area contributed by atoms with Gasteiger partial charge in [-0.15, -0.1) is 13.2 Å². The highest BCUT2D eigenvalue weighted by Gasteiger charge is 2.40. The van der Waals surface area contributed by atoms with Crippen molar-refractivity contribution in [2.75, 3.05) is 7.11 Å². The Labute approximate surface area is 106 Å². The predicted molar refractivity (Wildman–Crippen MR) is 49.4 cm³/mol. The van der Waals surface area contributed by atoms with Crippen molar-refractivity contribution in [2.45, 2.75) is 12.5 Å². The van der Waals surface area contributed by atoms with Crippen LogP contribution in [0.4, 0.5) is 26.3 Å². The first-order chi connectivity index (χ1) is 8.95. The molecule has 11 heteroatoms. The van der Waals surface area contributed by atoms with Gasteiger partial charge in [-0.05, 0) is 6.07 Å². The molecule has 0 bridgehead atoms. The van der Waals surface area contributed by atoms with Gasteiger partial charge in [0.2, 0.25) is 11.8 Å². The van der Waals surface area contributed by atoms with Crippen LogP contribution in [0.25, 0.3) is 0 Å². The van der Waals surface area contributed by atoms with Gasteiger partial charge in [0, 0.05) is 0 Å². The maximum atomic E-state index is 12.6. The first kappa shape index (κ1) is 15.9. The maximum Gasteiger partial charge on any atom is 0.574 e. The molecule has 0 aromatic carbocycles. The summed E-state index contributed by atoms with van der Waals surface area (Å²) in [6.45, 7) is 0. The Balaban J connectivity index is 3.50. The molecule has 0 aliphatic rings. The first-order valence-electron chi connectivity index (χ1n) is 4.61. The van der Waals surface area contributed by atoms with Crippen molar-refractivity contribution in [3.63, 3.8) is 0 Å². The second-order valence-corrected chi connectivity index (χ2v) is 3.25. The largest absolute Gasteiger partial charge is 0.574 e. The lowest BCUT2D eigenvalue weighted by molar-refractivity contribution is -0.276. The van der Waals surface area contributed by atoms with Crippen molar-refractivity contribution in [3.05, 3.63) is 17.2 Å². The van der Waals surface area contributed by atoms with Gasteiger partial charge in [0.15, 0.2) is 0 Å². The Morgan fingerprint density at radius 3 is 2.10 bits per heavy atom. The lowest BCUT2D eigenvalue weighted by Gasteiger charge is -2.15. The number of hydrogen-bond donors (Lipinski definition) is 1. The Morgan fingerprint density at radius 2 is 1.75 bits per heavy atom. The van der Waals surface area contributed by atoms with Crippen molar-refractivity contribution in [3.8, 4) is 11.8 Å². The van der Waals surface area contributed by atoms with E-state index in [0.29, 0.717) is 0 Å². The third-order valence-corrected chi connectivity index (χ3v) is 1.89. The van der Waals surface area contributed by atoms with Gasteiger partial charge in [0.1, 0.15) is 11.1 Å². The van der Waals surface area contributed by atoms with E-state index < -0.39 is 41.4 Å². The van der Waals surface area contributed by atoms with Crippen molar-refractivity contribution in [1.29, 1.82) is 0 Å². The number of carbonyl (C=O) groups is 1. The lowest BCUT2D eigenvalue weighted by atomic mass is 10.2. The number of ether oxygens (including phenoxy) is 2. The average Bonchev–Trinajstić information content (AvgIpc) is 2.24. The van der Waals surface area contributed by atoms with E-state index in [1.54, 1.807) is 0 Å². The molecule has 112 valence electrons. The van der Waals surface area contributed by atoms with E-state index in [1.165, 1.54) is 0 Å². The van der Waals surface area contributed by atoms with Gasteiger partial charge >= 0.3 is 18.5 Å². The number of pyridine rings is 1. The molecule has 1 aromatic rings. The smallest absolute Gasteiger partial charge is 0.480 e. The molecule has 1 heterocycles. The number of nitrogens with zero attached hydrogens (tertiary/aromatic N) is 1. The molecule has 0 unspecified atom stereocenters. The summed E-state index contributed by atoms with van der Waals surface area (Å²) < 4.78 is 81.3. The van der Waals surface area contributed by atoms with Crippen LogP contribution in [0, 0.1) is 0 Å². The number of rotatable bonds is 3. The summed E-state index contributed by atoms with van der Waals surface area (Å²) in [6, 6.07) is -0.0464. The summed E-state index contributed by atoms with van der Waals surface area (Å²) in [7, 11) is 0.732. The van der Waals surface area contributed by atoms with E-state index in [9.17, 15) is 31.1 Å².